The average molecular weight is 264 g/mol. The monoisotopic (exact) mass is 264 g/mol. The van der Waals surface area contributed by atoms with Crippen molar-refractivity contribution in [3.8, 4) is 0 Å². The van der Waals surface area contributed by atoms with E-state index in [1.807, 2.05) is 10.7 Å². The number of carbonyl (C=O) groups is 1. The zero-order chi connectivity index (χ0) is 13.9. The van der Waals surface area contributed by atoms with E-state index in [-0.39, 0.29) is 17.1 Å². The molecule has 1 saturated carbocycles. The number of carbonyl (C=O) groups excluding carboxylic acids is 1. The van der Waals surface area contributed by atoms with Crippen molar-refractivity contribution in [1.82, 2.24) is 9.78 Å². The van der Waals surface area contributed by atoms with Gasteiger partial charge in [-0.15, -0.1) is 0 Å². The first-order valence-electron chi connectivity index (χ1n) is 7.11. The summed E-state index contributed by atoms with van der Waals surface area (Å²) in [6.45, 7) is 5.85. The molecule has 0 amide bonds. The van der Waals surface area contributed by atoms with Crippen LogP contribution in [0.4, 0.5) is 0 Å². The van der Waals surface area contributed by atoms with Crippen molar-refractivity contribution in [3.63, 3.8) is 0 Å². The zero-order valence-electron chi connectivity index (χ0n) is 12.2. The largest absolute Gasteiger partial charge is 0.385 e. The van der Waals surface area contributed by atoms with Gasteiger partial charge in [0.15, 0.2) is 5.78 Å². The molecule has 0 bridgehead atoms. The molecule has 1 aliphatic rings. The van der Waals surface area contributed by atoms with Crippen molar-refractivity contribution >= 4 is 5.78 Å². The van der Waals surface area contributed by atoms with Crippen LogP contribution in [0.1, 0.15) is 50.0 Å². The van der Waals surface area contributed by atoms with E-state index < -0.39 is 0 Å². The van der Waals surface area contributed by atoms with Crippen molar-refractivity contribution in [2.24, 2.45) is 11.3 Å². The van der Waals surface area contributed by atoms with E-state index in [0.717, 1.165) is 37.9 Å². The van der Waals surface area contributed by atoms with Crippen LogP contribution in [0.15, 0.2) is 12.3 Å². The highest BCUT2D eigenvalue weighted by molar-refractivity contribution is 5.97. The summed E-state index contributed by atoms with van der Waals surface area (Å²) in [5, 5.41) is 4.27. The number of hydrogen-bond donors (Lipinski definition) is 0. The Morgan fingerprint density at radius 1 is 1.58 bits per heavy atom. The van der Waals surface area contributed by atoms with Gasteiger partial charge in [-0.1, -0.05) is 20.3 Å². The van der Waals surface area contributed by atoms with Gasteiger partial charge < -0.3 is 4.74 Å². The summed E-state index contributed by atoms with van der Waals surface area (Å²) < 4.78 is 6.88. The van der Waals surface area contributed by atoms with E-state index in [1.54, 1.807) is 13.3 Å². The van der Waals surface area contributed by atoms with Gasteiger partial charge in [-0.2, -0.15) is 5.10 Å². The van der Waals surface area contributed by atoms with E-state index in [2.05, 4.69) is 18.9 Å². The van der Waals surface area contributed by atoms with Gasteiger partial charge in [-0.25, -0.2) is 0 Å². The third kappa shape index (κ3) is 3.06. The molecule has 0 aliphatic heterocycles. The molecule has 0 aromatic carbocycles. The first-order valence-corrected chi connectivity index (χ1v) is 7.11. The lowest BCUT2D eigenvalue weighted by Gasteiger charge is -2.25. The summed E-state index contributed by atoms with van der Waals surface area (Å²) in [5.74, 6) is 0.405. The molecule has 106 valence electrons. The molecule has 1 fully saturated rings. The van der Waals surface area contributed by atoms with E-state index >= 15 is 0 Å². The maximum Gasteiger partial charge on any atom is 0.184 e. The molecule has 19 heavy (non-hydrogen) atoms. The van der Waals surface area contributed by atoms with Crippen LogP contribution in [0.2, 0.25) is 0 Å². The first-order chi connectivity index (χ1) is 9.06. The summed E-state index contributed by atoms with van der Waals surface area (Å²) >= 11 is 0. The molecular formula is C15H24N2O2. The first kappa shape index (κ1) is 14.3. The number of ether oxygens (including phenoxy) is 1. The Bertz CT molecular complexity index is 437. The minimum Gasteiger partial charge on any atom is -0.385 e. The Balaban J connectivity index is 2.09. The summed E-state index contributed by atoms with van der Waals surface area (Å²) in [7, 11) is 1.69. The van der Waals surface area contributed by atoms with Gasteiger partial charge in [0.2, 0.25) is 0 Å². The molecule has 4 heteroatoms. The molecule has 1 unspecified atom stereocenters. The highest BCUT2D eigenvalue weighted by Gasteiger charge is 2.40. The standard InChI is InChI=1S/C15H24N2O2/c1-15(2)8-4-6-12(15)14(18)13-7-9-16-17(13)10-5-11-19-3/h7,9,12H,4-6,8,10-11H2,1-3H3. The quantitative estimate of drug-likeness (QED) is 0.586. The molecule has 0 saturated heterocycles. The van der Waals surface area contributed by atoms with E-state index in [4.69, 9.17) is 4.74 Å². The van der Waals surface area contributed by atoms with Gasteiger partial charge in [0.25, 0.3) is 0 Å². The zero-order valence-corrected chi connectivity index (χ0v) is 12.2. The Labute approximate surface area is 115 Å². The van der Waals surface area contributed by atoms with Crippen molar-refractivity contribution in [3.05, 3.63) is 18.0 Å². The van der Waals surface area contributed by atoms with E-state index in [0.29, 0.717) is 6.61 Å². The van der Waals surface area contributed by atoms with Gasteiger partial charge in [0, 0.05) is 32.4 Å². The minimum atomic E-state index is 0.124. The van der Waals surface area contributed by atoms with Crippen molar-refractivity contribution in [2.45, 2.75) is 46.1 Å². The number of aromatic nitrogens is 2. The number of aryl methyl sites for hydroxylation is 1. The molecule has 4 nitrogen and oxygen atoms in total. The highest BCUT2D eigenvalue weighted by Crippen LogP contribution is 2.44. The smallest absolute Gasteiger partial charge is 0.184 e. The van der Waals surface area contributed by atoms with Gasteiger partial charge in [0.1, 0.15) is 5.69 Å². The fraction of sp³-hybridized carbons (Fsp3) is 0.733. The van der Waals surface area contributed by atoms with Gasteiger partial charge in [-0.05, 0) is 30.7 Å². The van der Waals surface area contributed by atoms with Gasteiger partial charge >= 0.3 is 0 Å². The second-order valence-electron chi connectivity index (χ2n) is 6.08. The Morgan fingerprint density at radius 2 is 2.37 bits per heavy atom. The van der Waals surface area contributed by atoms with Crippen LogP contribution in [0, 0.1) is 11.3 Å². The third-order valence-electron chi connectivity index (χ3n) is 4.26. The topological polar surface area (TPSA) is 44.1 Å². The Kier molecular flexibility index (Phi) is 4.40. The second kappa shape index (κ2) is 5.87. The molecule has 0 spiro atoms. The molecule has 0 radical (unpaired) electrons. The highest BCUT2D eigenvalue weighted by atomic mass is 16.5. The van der Waals surface area contributed by atoms with Crippen molar-refractivity contribution in [1.29, 1.82) is 0 Å². The average Bonchev–Trinajstić information content (AvgIpc) is 2.95. The number of rotatable bonds is 6. The summed E-state index contributed by atoms with van der Waals surface area (Å²) in [5.41, 5.74) is 0.884. The summed E-state index contributed by atoms with van der Waals surface area (Å²) in [4.78, 5) is 12.7. The third-order valence-corrected chi connectivity index (χ3v) is 4.26. The molecule has 1 atom stereocenters. The number of hydrogen-bond acceptors (Lipinski definition) is 3. The minimum absolute atomic E-state index is 0.124. The lowest BCUT2D eigenvalue weighted by Crippen LogP contribution is -2.28. The normalized spacial score (nSPS) is 21.7. The number of methoxy groups -OCH3 is 1. The molecular weight excluding hydrogens is 240 g/mol. The predicted octanol–water partition coefficient (Wildman–Crippen LogP) is 2.93. The summed E-state index contributed by atoms with van der Waals surface area (Å²) in [6, 6.07) is 1.85. The Morgan fingerprint density at radius 3 is 3.00 bits per heavy atom. The molecule has 2 rings (SSSR count). The molecule has 1 aliphatic carbocycles. The lowest BCUT2D eigenvalue weighted by atomic mass is 9.78. The summed E-state index contributed by atoms with van der Waals surface area (Å²) in [6.07, 6.45) is 5.91. The van der Waals surface area contributed by atoms with Gasteiger partial charge in [-0.3, -0.25) is 9.48 Å². The van der Waals surface area contributed by atoms with Gasteiger partial charge in [0.05, 0.1) is 0 Å². The number of Topliss-reactive ketones (excluding diaryl/α,β-unsaturated/α-hetero) is 1. The maximum atomic E-state index is 12.7. The molecule has 1 heterocycles. The molecule has 0 N–H and O–H groups in total. The van der Waals surface area contributed by atoms with Crippen LogP contribution >= 0.6 is 0 Å². The predicted molar refractivity (Wildman–Crippen MR) is 74.2 cm³/mol. The Hall–Kier alpha value is -1.16. The second-order valence-corrected chi connectivity index (χ2v) is 6.08. The van der Waals surface area contributed by atoms with Crippen molar-refractivity contribution in [2.75, 3.05) is 13.7 Å². The van der Waals surface area contributed by atoms with Crippen LogP contribution in [0.3, 0.4) is 0 Å². The van der Waals surface area contributed by atoms with E-state index in [1.165, 1.54) is 0 Å². The number of nitrogens with zero attached hydrogens (tertiary/aromatic N) is 2. The van der Waals surface area contributed by atoms with Crippen LogP contribution in [0.25, 0.3) is 0 Å². The maximum absolute atomic E-state index is 12.7. The van der Waals surface area contributed by atoms with Crippen LogP contribution in [-0.2, 0) is 11.3 Å². The fourth-order valence-electron chi connectivity index (χ4n) is 3.07. The van der Waals surface area contributed by atoms with E-state index in [9.17, 15) is 4.79 Å². The van der Waals surface area contributed by atoms with Crippen LogP contribution in [-0.4, -0.2) is 29.3 Å². The van der Waals surface area contributed by atoms with Crippen LogP contribution in [0.5, 0.6) is 0 Å². The fourth-order valence-corrected chi connectivity index (χ4v) is 3.07. The number of ketones is 1. The SMILES string of the molecule is COCCCn1nccc1C(=O)C1CCCC1(C)C. The lowest BCUT2D eigenvalue weighted by molar-refractivity contribution is 0.0826. The molecule has 1 aromatic heterocycles. The van der Waals surface area contributed by atoms with Crippen LogP contribution < -0.4 is 0 Å². The molecule has 1 aromatic rings. The van der Waals surface area contributed by atoms with Crippen molar-refractivity contribution < 1.29 is 9.53 Å².